The first-order valence-electron chi connectivity index (χ1n) is 9.71. The van der Waals surface area contributed by atoms with Crippen molar-refractivity contribution in [3.8, 4) is 11.4 Å². The number of nitrogens with one attached hydrogen (secondary N) is 1. The molecule has 0 unspecified atom stereocenters. The molecule has 1 amide bonds. The number of pyridine rings is 1. The van der Waals surface area contributed by atoms with Crippen molar-refractivity contribution in [2.24, 2.45) is 5.73 Å². The van der Waals surface area contributed by atoms with Gasteiger partial charge in [0.15, 0.2) is 5.65 Å². The van der Waals surface area contributed by atoms with Crippen LogP contribution in [0.2, 0.25) is 0 Å². The number of fused-ring (bicyclic) bond motifs is 1. The molecule has 2 aromatic heterocycles. The summed E-state index contributed by atoms with van der Waals surface area (Å²) in [4.78, 5) is 33.3. The third-order valence-corrected chi connectivity index (χ3v) is 4.90. The van der Waals surface area contributed by atoms with Crippen molar-refractivity contribution >= 4 is 22.9 Å². The van der Waals surface area contributed by atoms with E-state index in [1.54, 1.807) is 11.7 Å². The predicted molar refractivity (Wildman–Crippen MR) is 119 cm³/mol. The van der Waals surface area contributed by atoms with Gasteiger partial charge in [0.1, 0.15) is 11.3 Å². The van der Waals surface area contributed by atoms with E-state index in [0.717, 1.165) is 23.4 Å². The molecule has 0 spiro atoms. The van der Waals surface area contributed by atoms with Crippen LogP contribution in [-0.4, -0.2) is 34.1 Å². The average molecular weight is 415 g/mol. The molecule has 0 aliphatic carbocycles. The topological polar surface area (TPSA) is 112 Å². The summed E-state index contributed by atoms with van der Waals surface area (Å²) in [6, 6.07) is 17.1. The number of benzene rings is 2. The lowest BCUT2D eigenvalue weighted by molar-refractivity contribution is 0.0999. The second-order valence-corrected chi connectivity index (χ2v) is 6.90. The highest BCUT2D eigenvalue weighted by Crippen LogP contribution is 2.17. The summed E-state index contributed by atoms with van der Waals surface area (Å²) in [6.07, 6.45) is 3.61. The molecule has 0 saturated carbocycles. The minimum Gasteiger partial charge on any atom is -0.497 e. The molecule has 4 aromatic rings. The van der Waals surface area contributed by atoms with E-state index in [-0.39, 0.29) is 10.9 Å². The van der Waals surface area contributed by atoms with Gasteiger partial charge in [0.2, 0.25) is 11.4 Å². The summed E-state index contributed by atoms with van der Waals surface area (Å²) in [5.74, 6) is 0.402. The van der Waals surface area contributed by atoms with Crippen LogP contribution in [0.25, 0.3) is 16.7 Å². The van der Waals surface area contributed by atoms with Crippen LogP contribution in [0.1, 0.15) is 15.9 Å². The molecule has 2 aromatic carbocycles. The highest BCUT2D eigenvalue weighted by Gasteiger charge is 2.16. The average Bonchev–Trinajstić information content (AvgIpc) is 2.80. The maximum Gasteiger partial charge on any atom is 0.254 e. The van der Waals surface area contributed by atoms with E-state index < -0.39 is 11.3 Å². The number of primary amides is 1. The van der Waals surface area contributed by atoms with Crippen LogP contribution in [0.3, 0.4) is 0 Å². The SMILES string of the molecule is COc1ccc(CCNc2ncc3c(=O)c(C(N)=O)cn(-c4ccccc4)c3n2)cc1. The summed E-state index contributed by atoms with van der Waals surface area (Å²) in [7, 11) is 1.63. The van der Waals surface area contributed by atoms with E-state index >= 15 is 0 Å². The van der Waals surface area contributed by atoms with Crippen molar-refractivity contribution in [3.63, 3.8) is 0 Å². The van der Waals surface area contributed by atoms with Crippen LogP contribution < -0.4 is 21.2 Å². The van der Waals surface area contributed by atoms with E-state index in [4.69, 9.17) is 10.5 Å². The van der Waals surface area contributed by atoms with Gasteiger partial charge in [0.25, 0.3) is 5.91 Å². The van der Waals surface area contributed by atoms with E-state index in [2.05, 4.69) is 15.3 Å². The first-order valence-corrected chi connectivity index (χ1v) is 9.71. The highest BCUT2D eigenvalue weighted by molar-refractivity contribution is 5.96. The number of para-hydroxylation sites is 1. The number of ether oxygens (including phenoxy) is 1. The van der Waals surface area contributed by atoms with E-state index in [9.17, 15) is 9.59 Å². The lowest BCUT2D eigenvalue weighted by Gasteiger charge is -2.13. The summed E-state index contributed by atoms with van der Waals surface area (Å²) in [5.41, 5.74) is 7.09. The van der Waals surface area contributed by atoms with Gasteiger partial charge in [0, 0.05) is 24.6 Å². The van der Waals surface area contributed by atoms with Gasteiger partial charge < -0.3 is 20.4 Å². The number of amides is 1. The molecule has 0 bridgehead atoms. The van der Waals surface area contributed by atoms with Gasteiger partial charge in [-0.3, -0.25) is 9.59 Å². The fourth-order valence-electron chi connectivity index (χ4n) is 3.27. The Balaban J connectivity index is 1.66. The Bertz CT molecular complexity index is 1280. The Morgan fingerprint density at radius 1 is 1.13 bits per heavy atom. The Hall–Kier alpha value is -4.20. The molecule has 8 nitrogen and oxygen atoms in total. The number of aromatic nitrogens is 3. The van der Waals surface area contributed by atoms with Crippen molar-refractivity contribution < 1.29 is 9.53 Å². The number of methoxy groups -OCH3 is 1. The molecule has 0 aliphatic heterocycles. The van der Waals surface area contributed by atoms with Gasteiger partial charge in [0.05, 0.1) is 12.5 Å². The maximum absolute atomic E-state index is 12.7. The molecule has 31 heavy (non-hydrogen) atoms. The highest BCUT2D eigenvalue weighted by atomic mass is 16.5. The quantitative estimate of drug-likeness (QED) is 0.480. The van der Waals surface area contributed by atoms with Crippen LogP contribution >= 0.6 is 0 Å². The smallest absolute Gasteiger partial charge is 0.254 e. The predicted octanol–water partition coefficient (Wildman–Crippen LogP) is 2.54. The molecular formula is C23H21N5O3. The van der Waals surface area contributed by atoms with Crippen molar-refractivity contribution in [1.29, 1.82) is 0 Å². The van der Waals surface area contributed by atoms with E-state index in [0.29, 0.717) is 18.1 Å². The van der Waals surface area contributed by atoms with Gasteiger partial charge in [-0.15, -0.1) is 0 Å². The molecule has 0 aliphatic rings. The van der Waals surface area contributed by atoms with Crippen LogP contribution in [-0.2, 0) is 6.42 Å². The Kier molecular flexibility index (Phi) is 5.61. The van der Waals surface area contributed by atoms with Gasteiger partial charge in [-0.25, -0.2) is 4.98 Å². The van der Waals surface area contributed by atoms with Crippen molar-refractivity contribution in [2.75, 3.05) is 19.0 Å². The van der Waals surface area contributed by atoms with E-state index in [1.165, 1.54) is 12.4 Å². The third-order valence-electron chi connectivity index (χ3n) is 4.90. The minimum atomic E-state index is -0.793. The molecule has 0 atom stereocenters. The van der Waals surface area contributed by atoms with Crippen molar-refractivity contribution in [3.05, 3.63) is 88.3 Å². The number of carbonyl (C=O) groups excluding carboxylic acids is 1. The Morgan fingerprint density at radius 3 is 2.55 bits per heavy atom. The fourth-order valence-corrected chi connectivity index (χ4v) is 3.27. The van der Waals surface area contributed by atoms with Crippen molar-refractivity contribution in [2.45, 2.75) is 6.42 Å². The summed E-state index contributed by atoms with van der Waals surface area (Å²) < 4.78 is 6.85. The molecule has 0 radical (unpaired) electrons. The van der Waals surface area contributed by atoms with Gasteiger partial charge >= 0.3 is 0 Å². The molecule has 2 heterocycles. The van der Waals surface area contributed by atoms with Crippen LogP contribution in [0, 0.1) is 0 Å². The molecule has 8 heteroatoms. The lowest BCUT2D eigenvalue weighted by Crippen LogP contribution is -2.24. The second-order valence-electron chi connectivity index (χ2n) is 6.90. The normalized spacial score (nSPS) is 10.7. The first kappa shape index (κ1) is 20.1. The minimum absolute atomic E-state index is 0.111. The summed E-state index contributed by atoms with van der Waals surface area (Å²) in [6.45, 7) is 0.604. The number of anilines is 1. The number of carbonyl (C=O) groups is 1. The van der Waals surface area contributed by atoms with Crippen LogP contribution in [0.4, 0.5) is 5.95 Å². The monoisotopic (exact) mass is 415 g/mol. The van der Waals surface area contributed by atoms with Gasteiger partial charge in [-0.1, -0.05) is 30.3 Å². The second kappa shape index (κ2) is 8.66. The fraction of sp³-hybridized carbons (Fsp3) is 0.130. The molecule has 0 saturated heterocycles. The lowest BCUT2D eigenvalue weighted by atomic mass is 10.1. The zero-order valence-electron chi connectivity index (χ0n) is 16.9. The van der Waals surface area contributed by atoms with Gasteiger partial charge in [-0.2, -0.15) is 4.98 Å². The summed E-state index contributed by atoms with van der Waals surface area (Å²) >= 11 is 0. The molecule has 3 N–H and O–H groups in total. The first-order chi connectivity index (χ1) is 15.1. The number of hydrogen-bond acceptors (Lipinski definition) is 6. The molecule has 0 fully saturated rings. The zero-order valence-corrected chi connectivity index (χ0v) is 16.9. The zero-order chi connectivity index (χ0) is 21.8. The standard InChI is InChI=1S/C23H21N5O3/c1-31-17-9-7-15(8-10-17)11-12-25-23-26-13-18-20(29)19(21(24)30)14-28(22(18)27-23)16-5-3-2-4-6-16/h2-10,13-14H,11-12H2,1H3,(H2,24,30)(H,25,26,27). The third kappa shape index (κ3) is 4.23. The number of nitrogens with zero attached hydrogens (tertiary/aromatic N) is 3. The Morgan fingerprint density at radius 2 is 1.87 bits per heavy atom. The Labute approximate surface area is 178 Å². The molecule has 4 rings (SSSR count). The maximum atomic E-state index is 12.7. The van der Waals surface area contributed by atoms with Crippen LogP contribution in [0.5, 0.6) is 5.75 Å². The number of hydrogen-bond donors (Lipinski definition) is 2. The van der Waals surface area contributed by atoms with Gasteiger partial charge in [-0.05, 0) is 36.2 Å². The van der Waals surface area contributed by atoms with Crippen molar-refractivity contribution in [1.82, 2.24) is 14.5 Å². The van der Waals surface area contributed by atoms with E-state index in [1.807, 2.05) is 54.6 Å². The number of rotatable bonds is 7. The molecule has 156 valence electrons. The number of nitrogens with two attached hydrogens (primary N) is 1. The summed E-state index contributed by atoms with van der Waals surface area (Å²) in [5, 5.41) is 3.41. The largest absolute Gasteiger partial charge is 0.497 e. The molecular weight excluding hydrogens is 394 g/mol. The van der Waals surface area contributed by atoms with Crippen LogP contribution in [0.15, 0.2) is 71.8 Å².